The number of rotatable bonds is 2. The first-order valence-corrected chi connectivity index (χ1v) is 3.14. The Labute approximate surface area is 59.3 Å². The third-order valence-electron chi connectivity index (χ3n) is 1.41. The second kappa shape index (κ2) is 2.70. The second-order valence-electron chi connectivity index (χ2n) is 2.11. The maximum Gasteiger partial charge on any atom is 0.123 e. The van der Waals surface area contributed by atoms with Crippen molar-refractivity contribution in [2.24, 2.45) is 0 Å². The first kappa shape index (κ1) is 7.08. The number of nitrogens with two attached hydrogens (primary N) is 1. The molecule has 0 saturated heterocycles. The van der Waals surface area contributed by atoms with E-state index < -0.39 is 0 Å². The number of nitrogens with zero attached hydrogens (tertiary/aromatic N) is 2. The molecule has 1 aromatic heterocycles. The van der Waals surface area contributed by atoms with Gasteiger partial charge in [-0.1, -0.05) is 0 Å². The molecule has 0 spiro atoms. The number of aryl methyl sites for hydroxylation is 1. The van der Waals surface area contributed by atoms with Crippen molar-refractivity contribution >= 4 is 5.82 Å². The fourth-order valence-electron chi connectivity index (χ4n) is 0.877. The van der Waals surface area contributed by atoms with Crippen LogP contribution >= 0.6 is 0 Å². The summed E-state index contributed by atoms with van der Waals surface area (Å²) in [6.45, 7) is 2.48. The molecule has 1 heterocycles. The number of aliphatic hydroxyl groups is 1. The zero-order chi connectivity index (χ0) is 7.56. The van der Waals surface area contributed by atoms with Gasteiger partial charge in [0.1, 0.15) is 11.6 Å². The Morgan fingerprint density at radius 1 is 1.80 bits per heavy atom. The molecular formula is C6H11N3O. The Balaban J connectivity index is 2.87. The van der Waals surface area contributed by atoms with E-state index in [2.05, 4.69) is 4.98 Å². The SMILES string of the molecule is Cc1ncc(N)n1CCO. The van der Waals surface area contributed by atoms with Gasteiger partial charge in [-0.05, 0) is 6.92 Å². The molecule has 56 valence electrons. The Kier molecular flexibility index (Phi) is 1.91. The lowest BCUT2D eigenvalue weighted by molar-refractivity contribution is 0.275. The molecule has 4 heteroatoms. The van der Waals surface area contributed by atoms with E-state index in [9.17, 15) is 0 Å². The number of aromatic nitrogens is 2. The number of aliphatic hydroxyl groups excluding tert-OH is 1. The molecule has 0 fully saturated rings. The van der Waals surface area contributed by atoms with Gasteiger partial charge in [-0.2, -0.15) is 0 Å². The van der Waals surface area contributed by atoms with Gasteiger partial charge in [0.15, 0.2) is 0 Å². The van der Waals surface area contributed by atoms with E-state index in [1.807, 2.05) is 6.92 Å². The number of anilines is 1. The minimum absolute atomic E-state index is 0.0986. The van der Waals surface area contributed by atoms with Crippen molar-refractivity contribution in [3.63, 3.8) is 0 Å². The molecule has 0 aliphatic heterocycles. The standard InChI is InChI=1S/C6H11N3O/c1-5-8-4-6(7)9(5)2-3-10/h4,10H,2-3,7H2,1H3. The summed E-state index contributed by atoms with van der Waals surface area (Å²) in [5, 5.41) is 8.58. The first-order chi connectivity index (χ1) is 4.75. The van der Waals surface area contributed by atoms with E-state index in [-0.39, 0.29) is 6.61 Å². The van der Waals surface area contributed by atoms with Crippen LogP contribution in [-0.2, 0) is 6.54 Å². The molecule has 0 bridgehead atoms. The molecule has 1 aromatic rings. The maximum absolute atomic E-state index is 8.58. The van der Waals surface area contributed by atoms with E-state index in [0.29, 0.717) is 12.4 Å². The maximum atomic E-state index is 8.58. The average Bonchev–Trinajstić information content (AvgIpc) is 2.20. The summed E-state index contributed by atoms with van der Waals surface area (Å²) in [4.78, 5) is 3.96. The van der Waals surface area contributed by atoms with E-state index in [4.69, 9.17) is 10.8 Å². The van der Waals surface area contributed by atoms with Gasteiger partial charge in [-0.3, -0.25) is 0 Å². The lowest BCUT2D eigenvalue weighted by Crippen LogP contribution is -2.07. The topological polar surface area (TPSA) is 64.1 Å². The van der Waals surface area contributed by atoms with Gasteiger partial charge in [0, 0.05) is 6.54 Å². The van der Waals surface area contributed by atoms with Crippen molar-refractivity contribution in [2.45, 2.75) is 13.5 Å². The summed E-state index contributed by atoms with van der Waals surface area (Å²) in [7, 11) is 0. The van der Waals surface area contributed by atoms with Crippen LogP contribution in [-0.4, -0.2) is 21.3 Å². The van der Waals surface area contributed by atoms with Crippen LogP contribution in [0.15, 0.2) is 6.20 Å². The van der Waals surface area contributed by atoms with Crippen LogP contribution in [0.3, 0.4) is 0 Å². The Morgan fingerprint density at radius 2 is 2.50 bits per heavy atom. The van der Waals surface area contributed by atoms with Gasteiger partial charge in [-0.15, -0.1) is 0 Å². The number of hydrogen-bond acceptors (Lipinski definition) is 3. The third kappa shape index (κ3) is 1.11. The third-order valence-corrected chi connectivity index (χ3v) is 1.41. The van der Waals surface area contributed by atoms with Crippen LogP contribution in [0.4, 0.5) is 5.82 Å². The van der Waals surface area contributed by atoms with Gasteiger partial charge in [0.25, 0.3) is 0 Å². The second-order valence-corrected chi connectivity index (χ2v) is 2.11. The summed E-state index contributed by atoms with van der Waals surface area (Å²) in [5.41, 5.74) is 5.52. The molecule has 0 saturated carbocycles. The molecule has 10 heavy (non-hydrogen) atoms. The van der Waals surface area contributed by atoms with Gasteiger partial charge >= 0.3 is 0 Å². The van der Waals surface area contributed by atoms with Gasteiger partial charge in [-0.25, -0.2) is 4.98 Å². The van der Waals surface area contributed by atoms with Crippen LogP contribution in [0.5, 0.6) is 0 Å². The summed E-state index contributed by atoms with van der Waals surface area (Å²) in [5.74, 6) is 1.44. The van der Waals surface area contributed by atoms with Gasteiger partial charge in [0.05, 0.1) is 12.8 Å². The van der Waals surface area contributed by atoms with E-state index >= 15 is 0 Å². The van der Waals surface area contributed by atoms with Crippen molar-refractivity contribution in [1.82, 2.24) is 9.55 Å². The summed E-state index contributed by atoms with van der Waals surface area (Å²) >= 11 is 0. The predicted octanol–water partition coefficient (Wildman–Crippen LogP) is -0.234. The highest BCUT2D eigenvalue weighted by Gasteiger charge is 1.99. The largest absolute Gasteiger partial charge is 0.395 e. The molecule has 0 unspecified atom stereocenters. The van der Waals surface area contributed by atoms with Crippen LogP contribution in [0.25, 0.3) is 0 Å². The van der Waals surface area contributed by atoms with Crippen molar-refractivity contribution < 1.29 is 5.11 Å². The van der Waals surface area contributed by atoms with Crippen molar-refractivity contribution in [3.05, 3.63) is 12.0 Å². The summed E-state index contributed by atoms with van der Waals surface area (Å²) in [6, 6.07) is 0. The molecule has 4 nitrogen and oxygen atoms in total. The molecular weight excluding hydrogens is 130 g/mol. The van der Waals surface area contributed by atoms with Crippen LogP contribution < -0.4 is 5.73 Å². The minimum Gasteiger partial charge on any atom is -0.395 e. The van der Waals surface area contributed by atoms with E-state index in [1.54, 1.807) is 10.8 Å². The Morgan fingerprint density at radius 3 is 2.90 bits per heavy atom. The Bertz CT molecular complexity index is 199. The van der Waals surface area contributed by atoms with Gasteiger partial charge in [0.2, 0.25) is 0 Å². The van der Waals surface area contributed by atoms with E-state index in [1.165, 1.54) is 0 Å². The first-order valence-electron chi connectivity index (χ1n) is 3.14. The molecule has 0 radical (unpaired) electrons. The van der Waals surface area contributed by atoms with Crippen molar-refractivity contribution in [1.29, 1.82) is 0 Å². The van der Waals surface area contributed by atoms with Crippen molar-refractivity contribution in [3.8, 4) is 0 Å². The van der Waals surface area contributed by atoms with Crippen LogP contribution in [0.2, 0.25) is 0 Å². The monoisotopic (exact) mass is 141 g/mol. The smallest absolute Gasteiger partial charge is 0.123 e. The van der Waals surface area contributed by atoms with Crippen LogP contribution in [0, 0.1) is 6.92 Å². The van der Waals surface area contributed by atoms with E-state index in [0.717, 1.165) is 5.82 Å². The molecule has 0 aliphatic rings. The quantitative estimate of drug-likeness (QED) is 0.597. The fraction of sp³-hybridized carbons (Fsp3) is 0.500. The molecule has 0 aliphatic carbocycles. The molecule has 3 N–H and O–H groups in total. The number of imidazole rings is 1. The molecule has 0 amide bonds. The normalized spacial score (nSPS) is 10.2. The average molecular weight is 141 g/mol. The molecule has 0 aromatic carbocycles. The minimum atomic E-state index is 0.0986. The number of nitrogen functional groups attached to an aromatic ring is 1. The molecule has 0 atom stereocenters. The predicted molar refractivity (Wildman–Crippen MR) is 38.5 cm³/mol. The highest BCUT2D eigenvalue weighted by molar-refractivity contribution is 5.27. The number of hydrogen-bond donors (Lipinski definition) is 2. The van der Waals surface area contributed by atoms with Crippen LogP contribution in [0.1, 0.15) is 5.82 Å². The fourth-order valence-corrected chi connectivity index (χ4v) is 0.877. The van der Waals surface area contributed by atoms with Crippen molar-refractivity contribution in [2.75, 3.05) is 12.3 Å². The lowest BCUT2D eigenvalue weighted by atomic mass is 10.6. The summed E-state index contributed by atoms with van der Waals surface area (Å²) in [6.07, 6.45) is 1.59. The molecule has 1 rings (SSSR count). The highest BCUT2D eigenvalue weighted by atomic mass is 16.3. The summed E-state index contributed by atoms with van der Waals surface area (Å²) < 4.78 is 1.76. The zero-order valence-corrected chi connectivity index (χ0v) is 5.91. The van der Waals surface area contributed by atoms with Gasteiger partial charge < -0.3 is 15.4 Å². The lowest BCUT2D eigenvalue weighted by Gasteiger charge is -2.02. The Hall–Kier alpha value is -1.03. The highest BCUT2D eigenvalue weighted by Crippen LogP contribution is 2.04. The zero-order valence-electron chi connectivity index (χ0n) is 5.91.